The average Bonchev–Trinajstić information content (AvgIpc) is 3.03. The molecule has 226 valence electrons. The minimum absolute atomic E-state index is 0.0398. The van der Waals surface area contributed by atoms with Gasteiger partial charge in [-0.05, 0) is 75.7 Å². The van der Waals surface area contributed by atoms with Gasteiger partial charge in [-0.25, -0.2) is 0 Å². The van der Waals surface area contributed by atoms with Gasteiger partial charge in [0.1, 0.15) is 23.9 Å². The number of carbonyl (C=O) groups excluding carboxylic acids is 1. The topological polar surface area (TPSA) is 38.8 Å². The van der Waals surface area contributed by atoms with Crippen molar-refractivity contribution in [2.24, 2.45) is 0 Å². The number of rotatable bonds is 17. The minimum Gasteiger partial charge on any atom is -0.494 e. The van der Waals surface area contributed by atoms with Crippen LogP contribution < -0.4 is 9.47 Å². The van der Waals surface area contributed by atoms with Gasteiger partial charge in [0.15, 0.2) is 0 Å². The SMILES string of the molecule is CC.CC(C(=O)CCCCCCCCCOc1ccc(OCc2ccccc2)cc1)N(C)C.CCc1ccccc1. The Morgan fingerprint density at radius 1 is 0.659 bits per heavy atom. The highest BCUT2D eigenvalue weighted by Gasteiger charge is 2.13. The summed E-state index contributed by atoms with van der Waals surface area (Å²) in [6.45, 7) is 9.47. The van der Waals surface area contributed by atoms with E-state index in [1.165, 1.54) is 31.2 Å². The number of nitrogens with zero attached hydrogens (tertiary/aromatic N) is 1. The van der Waals surface area contributed by atoms with E-state index in [0.717, 1.165) is 49.4 Å². The molecule has 0 spiro atoms. The summed E-state index contributed by atoms with van der Waals surface area (Å²) in [5.74, 6) is 2.11. The Bertz CT molecular complexity index is 1000. The highest BCUT2D eigenvalue weighted by Crippen LogP contribution is 2.19. The number of Topliss-reactive ketones (excluding diaryl/α,β-unsaturated/α-hetero) is 1. The maximum Gasteiger partial charge on any atom is 0.149 e. The van der Waals surface area contributed by atoms with Crippen LogP contribution in [0.4, 0.5) is 0 Å². The molecule has 0 radical (unpaired) electrons. The second kappa shape index (κ2) is 23.6. The van der Waals surface area contributed by atoms with Crippen LogP contribution in [0.15, 0.2) is 84.9 Å². The van der Waals surface area contributed by atoms with Gasteiger partial charge in [-0.15, -0.1) is 0 Å². The number of ketones is 1. The summed E-state index contributed by atoms with van der Waals surface area (Å²) in [7, 11) is 3.92. The zero-order valence-electron chi connectivity index (χ0n) is 26.6. The molecular formula is C37H55NO3. The fraction of sp³-hybridized carbons (Fsp3) is 0.486. The van der Waals surface area contributed by atoms with Crippen LogP contribution in [0, 0.1) is 0 Å². The Morgan fingerprint density at radius 2 is 1.12 bits per heavy atom. The smallest absolute Gasteiger partial charge is 0.149 e. The molecule has 0 aliphatic carbocycles. The van der Waals surface area contributed by atoms with Crippen LogP contribution in [-0.2, 0) is 17.8 Å². The van der Waals surface area contributed by atoms with Crippen LogP contribution in [-0.4, -0.2) is 37.4 Å². The van der Waals surface area contributed by atoms with Gasteiger partial charge < -0.3 is 9.47 Å². The lowest BCUT2D eigenvalue weighted by Crippen LogP contribution is -2.32. The molecule has 4 nitrogen and oxygen atoms in total. The second-order valence-corrected chi connectivity index (χ2v) is 10.3. The van der Waals surface area contributed by atoms with Crippen LogP contribution in [0.3, 0.4) is 0 Å². The van der Waals surface area contributed by atoms with Gasteiger partial charge in [0, 0.05) is 6.42 Å². The van der Waals surface area contributed by atoms with Crippen molar-refractivity contribution in [2.75, 3.05) is 20.7 Å². The quantitative estimate of drug-likeness (QED) is 0.154. The molecule has 3 aromatic carbocycles. The number of likely N-dealkylation sites (N-methyl/N-ethyl adjacent to an activating group) is 1. The summed E-state index contributed by atoms with van der Waals surface area (Å²) in [6, 6.07) is 28.5. The molecule has 1 unspecified atom stereocenters. The van der Waals surface area contributed by atoms with Crippen molar-refractivity contribution >= 4 is 5.78 Å². The maximum atomic E-state index is 12.0. The van der Waals surface area contributed by atoms with Gasteiger partial charge in [-0.1, -0.05) is 114 Å². The third-order valence-corrected chi connectivity index (χ3v) is 6.90. The Hall–Kier alpha value is -3.11. The first-order valence-electron chi connectivity index (χ1n) is 15.6. The molecule has 0 saturated heterocycles. The van der Waals surface area contributed by atoms with Gasteiger partial charge >= 0.3 is 0 Å². The Kier molecular flexibility index (Phi) is 20.7. The summed E-state index contributed by atoms with van der Waals surface area (Å²) >= 11 is 0. The van der Waals surface area contributed by atoms with Crippen LogP contribution in [0.1, 0.15) is 90.2 Å². The zero-order chi connectivity index (χ0) is 30.1. The van der Waals surface area contributed by atoms with Crippen molar-refractivity contribution < 1.29 is 14.3 Å². The summed E-state index contributed by atoms with van der Waals surface area (Å²) in [5.41, 5.74) is 2.57. The lowest BCUT2D eigenvalue weighted by atomic mass is 10.0. The first-order valence-corrected chi connectivity index (χ1v) is 15.6. The molecule has 3 aromatic rings. The van der Waals surface area contributed by atoms with Gasteiger partial charge in [-0.2, -0.15) is 0 Å². The number of ether oxygens (including phenoxy) is 2. The molecule has 0 aliphatic heterocycles. The van der Waals surface area contributed by atoms with Crippen molar-refractivity contribution in [3.05, 3.63) is 96.1 Å². The second-order valence-electron chi connectivity index (χ2n) is 10.3. The zero-order valence-corrected chi connectivity index (χ0v) is 26.6. The lowest BCUT2D eigenvalue weighted by Gasteiger charge is -2.18. The molecule has 41 heavy (non-hydrogen) atoms. The number of carbonyl (C=O) groups is 1. The number of aryl methyl sites for hydroxylation is 1. The summed E-state index contributed by atoms with van der Waals surface area (Å²) in [4.78, 5) is 13.9. The van der Waals surface area contributed by atoms with Crippen molar-refractivity contribution in [3.63, 3.8) is 0 Å². The third-order valence-electron chi connectivity index (χ3n) is 6.90. The normalized spacial score (nSPS) is 11.0. The number of hydrogen-bond acceptors (Lipinski definition) is 4. The van der Waals surface area contributed by atoms with E-state index in [2.05, 4.69) is 43.3 Å². The molecule has 0 amide bonds. The monoisotopic (exact) mass is 561 g/mol. The molecule has 0 saturated carbocycles. The van der Waals surface area contributed by atoms with E-state index in [0.29, 0.717) is 18.8 Å². The minimum atomic E-state index is 0.0398. The van der Waals surface area contributed by atoms with Gasteiger partial charge in [0.2, 0.25) is 0 Å². The number of benzene rings is 3. The number of hydrogen-bond donors (Lipinski definition) is 0. The fourth-order valence-electron chi connectivity index (χ4n) is 4.06. The van der Waals surface area contributed by atoms with Crippen LogP contribution in [0.2, 0.25) is 0 Å². The largest absolute Gasteiger partial charge is 0.494 e. The first-order chi connectivity index (χ1) is 20.0. The van der Waals surface area contributed by atoms with Crippen molar-refractivity contribution in [1.29, 1.82) is 0 Å². The average molecular weight is 562 g/mol. The number of unbranched alkanes of at least 4 members (excludes halogenated alkanes) is 6. The lowest BCUT2D eigenvalue weighted by molar-refractivity contribution is -0.123. The standard InChI is InChI=1S/C27H39NO3.C8H10.C2H6/c1-23(28(2)3)27(29)16-12-7-5-4-6-8-13-21-30-25-17-19-26(20-18-25)31-22-24-14-10-9-11-15-24;1-2-8-6-4-3-5-7-8;1-2/h9-11,14-15,17-20,23H,4-8,12-13,16,21-22H2,1-3H3;3-7H,2H2,1H3;1-2H3. The molecule has 4 heteroatoms. The molecule has 0 N–H and O–H groups in total. The summed E-state index contributed by atoms with van der Waals surface area (Å²) in [5, 5.41) is 0. The molecule has 0 heterocycles. The van der Waals surface area contributed by atoms with Gasteiger partial charge in [0.25, 0.3) is 0 Å². The van der Waals surface area contributed by atoms with E-state index in [-0.39, 0.29) is 6.04 Å². The third kappa shape index (κ3) is 17.3. The molecule has 0 aliphatic rings. The van der Waals surface area contributed by atoms with E-state index in [1.54, 1.807) is 0 Å². The molecular weight excluding hydrogens is 506 g/mol. The van der Waals surface area contributed by atoms with Crippen LogP contribution >= 0.6 is 0 Å². The van der Waals surface area contributed by atoms with E-state index >= 15 is 0 Å². The van der Waals surface area contributed by atoms with E-state index < -0.39 is 0 Å². The fourth-order valence-corrected chi connectivity index (χ4v) is 4.06. The molecule has 0 fully saturated rings. The predicted octanol–water partition coefficient (Wildman–Crippen LogP) is 9.56. The van der Waals surface area contributed by atoms with E-state index in [1.807, 2.05) is 88.3 Å². The predicted molar refractivity (Wildman–Crippen MR) is 175 cm³/mol. The van der Waals surface area contributed by atoms with Crippen molar-refractivity contribution in [3.8, 4) is 11.5 Å². The van der Waals surface area contributed by atoms with E-state index in [9.17, 15) is 4.79 Å². The highest BCUT2D eigenvalue weighted by atomic mass is 16.5. The van der Waals surface area contributed by atoms with Crippen molar-refractivity contribution in [2.45, 2.75) is 98.1 Å². The molecule has 3 rings (SSSR count). The Morgan fingerprint density at radius 3 is 1.61 bits per heavy atom. The molecule has 0 bridgehead atoms. The first kappa shape index (κ1) is 35.9. The summed E-state index contributed by atoms with van der Waals surface area (Å²) in [6.07, 6.45) is 9.98. The van der Waals surface area contributed by atoms with Crippen LogP contribution in [0.25, 0.3) is 0 Å². The van der Waals surface area contributed by atoms with Gasteiger partial charge in [0.05, 0.1) is 12.6 Å². The van der Waals surface area contributed by atoms with Crippen molar-refractivity contribution in [1.82, 2.24) is 4.90 Å². The highest BCUT2D eigenvalue weighted by molar-refractivity contribution is 5.83. The maximum absolute atomic E-state index is 12.0. The Balaban J connectivity index is 0.000000711. The Labute approximate surface area is 251 Å². The molecule has 1 atom stereocenters. The van der Waals surface area contributed by atoms with Gasteiger partial charge in [-0.3, -0.25) is 9.69 Å². The van der Waals surface area contributed by atoms with E-state index in [4.69, 9.17) is 9.47 Å². The molecule has 0 aromatic heterocycles. The van der Waals surface area contributed by atoms with Crippen LogP contribution in [0.5, 0.6) is 11.5 Å². The summed E-state index contributed by atoms with van der Waals surface area (Å²) < 4.78 is 11.6.